The standard InChI is InChI=1S/C22H28N4OS/c1-16-9-11-26(12-10-16)14-18-15-28-22(24-18)25-21(27)8-4-5-17-13-23-20-7-3-2-6-19(17)20/h2-3,6-7,13,15-16,23H,4-5,8-12,14H2,1H3,(H,24,25,27). The maximum atomic E-state index is 12.3. The molecule has 1 aromatic carbocycles. The monoisotopic (exact) mass is 396 g/mol. The summed E-state index contributed by atoms with van der Waals surface area (Å²) in [5.74, 6) is 0.887. The van der Waals surface area contributed by atoms with Gasteiger partial charge in [-0.15, -0.1) is 11.3 Å². The molecule has 0 aliphatic carbocycles. The quantitative estimate of drug-likeness (QED) is 0.602. The van der Waals surface area contributed by atoms with Crippen LogP contribution in [0.15, 0.2) is 35.8 Å². The third-order valence-corrected chi connectivity index (χ3v) is 6.39. The Morgan fingerprint density at radius 3 is 3.00 bits per heavy atom. The van der Waals surface area contributed by atoms with E-state index in [4.69, 9.17) is 0 Å². The van der Waals surface area contributed by atoms with Gasteiger partial charge in [0.25, 0.3) is 0 Å². The van der Waals surface area contributed by atoms with E-state index in [9.17, 15) is 4.79 Å². The highest BCUT2D eigenvalue weighted by Gasteiger charge is 2.17. The van der Waals surface area contributed by atoms with Crippen molar-refractivity contribution in [3.63, 3.8) is 0 Å². The Balaban J connectivity index is 1.22. The van der Waals surface area contributed by atoms with Crippen LogP contribution in [0.4, 0.5) is 5.13 Å². The molecule has 1 saturated heterocycles. The number of rotatable bonds is 7. The molecular weight excluding hydrogens is 368 g/mol. The first kappa shape index (κ1) is 19.2. The molecular formula is C22H28N4OS. The van der Waals surface area contributed by atoms with E-state index in [1.165, 1.54) is 35.1 Å². The summed E-state index contributed by atoms with van der Waals surface area (Å²) in [4.78, 5) is 22.6. The molecule has 0 atom stereocenters. The summed E-state index contributed by atoms with van der Waals surface area (Å²) >= 11 is 1.53. The zero-order valence-corrected chi connectivity index (χ0v) is 17.2. The molecule has 4 rings (SSSR count). The second-order valence-electron chi connectivity index (χ2n) is 7.86. The highest BCUT2D eigenvalue weighted by molar-refractivity contribution is 7.13. The number of aryl methyl sites for hydroxylation is 1. The summed E-state index contributed by atoms with van der Waals surface area (Å²) < 4.78 is 0. The topological polar surface area (TPSA) is 61.0 Å². The van der Waals surface area contributed by atoms with Crippen LogP contribution in [0.1, 0.15) is 43.9 Å². The molecule has 5 nitrogen and oxygen atoms in total. The van der Waals surface area contributed by atoms with Crippen molar-refractivity contribution in [1.82, 2.24) is 14.9 Å². The first-order valence-electron chi connectivity index (χ1n) is 10.2. The van der Waals surface area contributed by atoms with Gasteiger partial charge in [-0.3, -0.25) is 9.69 Å². The Bertz CT molecular complexity index is 923. The van der Waals surface area contributed by atoms with Gasteiger partial charge in [0, 0.05) is 35.4 Å². The van der Waals surface area contributed by atoms with Crippen LogP contribution in [0, 0.1) is 5.92 Å². The van der Waals surface area contributed by atoms with Gasteiger partial charge in [0.1, 0.15) is 0 Å². The molecule has 2 aromatic heterocycles. The molecule has 1 aliphatic rings. The van der Waals surface area contributed by atoms with Crippen molar-refractivity contribution in [3.05, 3.63) is 47.1 Å². The number of thiazole rings is 1. The summed E-state index contributed by atoms with van der Waals surface area (Å²) in [5.41, 5.74) is 3.49. The number of benzene rings is 1. The molecule has 0 radical (unpaired) electrons. The molecule has 6 heteroatoms. The number of carbonyl (C=O) groups is 1. The van der Waals surface area contributed by atoms with E-state index in [0.717, 1.165) is 54.7 Å². The Morgan fingerprint density at radius 2 is 2.14 bits per heavy atom. The lowest BCUT2D eigenvalue weighted by Crippen LogP contribution is -2.32. The Morgan fingerprint density at radius 1 is 1.32 bits per heavy atom. The highest BCUT2D eigenvalue weighted by Crippen LogP contribution is 2.22. The second kappa shape index (κ2) is 8.88. The predicted molar refractivity (Wildman–Crippen MR) is 116 cm³/mol. The minimum Gasteiger partial charge on any atom is -0.361 e. The van der Waals surface area contributed by atoms with E-state index < -0.39 is 0 Å². The van der Waals surface area contributed by atoms with Gasteiger partial charge in [-0.1, -0.05) is 25.1 Å². The van der Waals surface area contributed by atoms with Crippen LogP contribution in [0.2, 0.25) is 0 Å². The lowest BCUT2D eigenvalue weighted by molar-refractivity contribution is -0.116. The Hall–Kier alpha value is -2.18. The first-order valence-corrected chi connectivity index (χ1v) is 11.1. The molecule has 1 aliphatic heterocycles. The van der Waals surface area contributed by atoms with Gasteiger partial charge in [0.2, 0.25) is 5.91 Å². The number of H-pyrrole nitrogens is 1. The lowest BCUT2D eigenvalue weighted by atomic mass is 9.99. The molecule has 1 fully saturated rings. The molecule has 3 heterocycles. The van der Waals surface area contributed by atoms with Crippen LogP contribution >= 0.6 is 11.3 Å². The largest absolute Gasteiger partial charge is 0.361 e. The van der Waals surface area contributed by atoms with Crippen molar-refractivity contribution in [2.45, 2.75) is 45.6 Å². The number of aromatic amines is 1. The molecule has 148 valence electrons. The summed E-state index contributed by atoms with van der Waals surface area (Å²) in [7, 11) is 0. The number of hydrogen-bond donors (Lipinski definition) is 2. The van der Waals surface area contributed by atoms with Gasteiger partial charge in [0.05, 0.1) is 5.69 Å². The maximum Gasteiger partial charge on any atom is 0.226 e. The van der Waals surface area contributed by atoms with E-state index in [0.29, 0.717) is 6.42 Å². The zero-order valence-electron chi connectivity index (χ0n) is 16.4. The first-order chi connectivity index (χ1) is 13.7. The van der Waals surface area contributed by atoms with Crippen molar-refractivity contribution in [3.8, 4) is 0 Å². The average Bonchev–Trinajstić information content (AvgIpc) is 3.31. The maximum absolute atomic E-state index is 12.3. The fourth-order valence-electron chi connectivity index (χ4n) is 3.85. The second-order valence-corrected chi connectivity index (χ2v) is 8.72. The van der Waals surface area contributed by atoms with Crippen LogP contribution in [-0.4, -0.2) is 33.9 Å². The zero-order chi connectivity index (χ0) is 19.3. The molecule has 1 amide bonds. The summed E-state index contributed by atoms with van der Waals surface area (Å²) in [6, 6.07) is 8.29. The fraction of sp³-hybridized carbons (Fsp3) is 0.455. The Kier molecular flexibility index (Phi) is 6.07. The highest BCUT2D eigenvalue weighted by atomic mass is 32.1. The summed E-state index contributed by atoms with van der Waals surface area (Å²) in [6.45, 7) is 5.51. The van der Waals surface area contributed by atoms with Crippen molar-refractivity contribution < 1.29 is 4.79 Å². The van der Waals surface area contributed by atoms with Crippen LogP contribution in [0.3, 0.4) is 0 Å². The smallest absolute Gasteiger partial charge is 0.226 e. The number of para-hydroxylation sites is 1. The molecule has 0 spiro atoms. The number of carbonyl (C=O) groups excluding carboxylic acids is 1. The van der Waals surface area contributed by atoms with Crippen molar-refractivity contribution in [2.24, 2.45) is 5.92 Å². The van der Waals surface area contributed by atoms with Gasteiger partial charge in [0.15, 0.2) is 5.13 Å². The van der Waals surface area contributed by atoms with E-state index in [-0.39, 0.29) is 5.91 Å². The molecule has 3 aromatic rings. The normalized spacial score (nSPS) is 15.9. The molecule has 2 N–H and O–H groups in total. The van der Waals surface area contributed by atoms with E-state index in [1.807, 2.05) is 6.07 Å². The van der Waals surface area contributed by atoms with Gasteiger partial charge in [-0.2, -0.15) is 0 Å². The fourth-order valence-corrected chi connectivity index (χ4v) is 4.56. The molecule has 28 heavy (non-hydrogen) atoms. The number of fused-ring (bicyclic) bond motifs is 1. The number of amides is 1. The lowest BCUT2D eigenvalue weighted by Gasteiger charge is -2.29. The average molecular weight is 397 g/mol. The number of likely N-dealkylation sites (tertiary alicyclic amines) is 1. The predicted octanol–water partition coefficient (Wildman–Crippen LogP) is 4.82. The number of hydrogen-bond acceptors (Lipinski definition) is 4. The number of nitrogens with one attached hydrogen (secondary N) is 2. The van der Waals surface area contributed by atoms with Crippen LogP contribution in [0.25, 0.3) is 10.9 Å². The number of anilines is 1. The number of piperidine rings is 1. The van der Waals surface area contributed by atoms with Crippen LogP contribution < -0.4 is 5.32 Å². The molecule has 0 bridgehead atoms. The molecule has 0 unspecified atom stereocenters. The van der Waals surface area contributed by atoms with Gasteiger partial charge in [-0.25, -0.2) is 4.98 Å². The van der Waals surface area contributed by atoms with Crippen molar-refractivity contribution in [2.75, 3.05) is 18.4 Å². The summed E-state index contributed by atoms with van der Waals surface area (Å²) in [6.07, 6.45) is 6.83. The van der Waals surface area contributed by atoms with Gasteiger partial charge < -0.3 is 10.3 Å². The number of aromatic nitrogens is 2. The van der Waals surface area contributed by atoms with Gasteiger partial charge in [-0.05, 0) is 56.3 Å². The van der Waals surface area contributed by atoms with Crippen molar-refractivity contribution >= 4 is 33.3 Å². The minimum atomic E-state index is 0.0486. The van der Waals surface area contributed by atoms with Crippen molar-refractivity contribution in [1.29, 1.82) is 0 Å². The van der Waals surface area contributed by atoms with E-state index in [1.54, 1.807) is 0 Å². The number of nitrogens with zero attached hydrogens (tertiary/aromatic N) is 2. The van der Waals surface area contributed by atoms with E-state index in [2.05, 4.69) is 56.9 Å². The SMILES string of the molecule is CC1CCN(Cc2csc(NC(=O)CCCc3c[nH]c4ccccc34)n2)CC1. The summed E-state index contributed by atoms with van der Waals surface area (Å²) in [5, 5.41) is 7.00. The third kappa shape index (κ3) is 4.80. The third-order valence-electron chi connectivity index (χ3n) is 5.58. The van der Waals surface area contributed by atoms with Gasteiger partial charge >= 0.3 is 0 Å². The minimum absolute atomic E-state index is 0.0486. The molecule has 0 saturated carbocycles. The van der Waals surface area contributed by atoms with Crippen LogP contribution in [0.5, 0.6) is 0 Å². The Labute approximate surface area is 170 Å². The van der Waals surface area contributed by atoms with E-state index >= 15 is 0 Å². The van der Waals surface area contributed by atoms with Crippen LogP contribution in [-0.2, 0) is 17.8 Å².